The molecule has 0 amide bonds. The van der Waals surface area contributed by atoms with Gasteiger partial charge in [-0.1, -0.05) is 18.2 Å². The zero-order chi connectivity index (χ0) is 14.3. The molecule has 3 rings (SSSR count). The van der Waals surface area contributed by atoms with Crippen LogP contribution < -0.4 is 10.5 Å². The summed E-state index contributed by atoms with van der Waals surface area (Å²) in [5, 5.41) is 0. The number of nitrogens with two attached hydrogens (primary N) is 1. The van der Waals surface area contributed by atoms with Gasteiger partial charge in [0.1, 0.15) is 11.4 Å². The zero-order valence-electron chi connectivity index (χ0n) is 12.8. The first-order chi connectivity index (χ1) is 9.52. The molecule has 0 saturated heterocycles. The quantitative estimate of drug-likeness (QED) is 0.917. The van der Waals surface area contributed by atoms with E-state index in [2.05, 4.69) is 50.1 Å². The molecule has 110 valence electrons. The zero-order valence-corrected chi connectivity index (χ0v) is 12.8. The van der Waals surface area contributed by atoms with Gasteiger partial charge in [0.15, 0.2) is 0 Å². The van der Waals surface area contributed by atoms with Gasteiger partial charge in [-0.05, 0) is 45.7 Å². The van der Waals surface area contributed by atoms with E-state index >= 15 is 0 Å². The molecule has 1 aliphatic carbocycles. The first kappa shape index (κ1) is 13.9. The average molecular weight is 274 g/mol. The Labute approximate surface area is 122 Å². The van der Waals surface area contributed by atoms with Gasteiger partial charge in [0.25, 0.3) is 0 Å². The summed E-state index contributed by atoms with van der Waals surface area (Å²) in [6, 6.07) is 9.36. The lowest BCUT2D eigenvalue weighted by Crippen LogP contribution is -2.46. The monoisotopic (exact) mass is 274 g/mol. The minimum Gasteiger partial charge on any atom is -0.487 e. The minimum absolute atomic E-state index is 0.115. The lowest BCUT2D eigenvalue weighted by atomic mass is 9.88. The first-order valence-corrected chi connectivity index (χ1v) is 7.72. The van der Waals surface area contributed by atoms with Gasteiger partial charge in [0, 0.05) is 30.6 Å². The summed E-state index contributed by atoms with van der Waals surface area (Å²) in [5.41, 5.74) is 7.23. The number of likely N-dealkylation sites (N-methyl/N-ethyl adjacent to an activating group) is 1. The lowest BCUT2D eigenvalue weighted by Gasteiger charge is -2.44. The molecule has 0 bridgehead atoms. The summed E-state index contributed by atoms with van der Waals surface area (Å²) < 4.78 is 6.13. The second-order valence-corrected chi connectivity index (χ2v) is 6.93. The molecule has 20 heavy (non-hydrogen) atoms. The van der Waals surface area contributed by atoms with Crippen molar-refractivity contribution in [3.05, 3.63) is 29.8 Å². The number of hydrogen-bond donors (Lipinski definition) is 1. The third kappa shape index (κ3) is 2.57. The average Bonchev–Trinajstić information content (AvgIpc) is 3.22. The van der Waals surface area contributed by atoms with E-state index in [9.17, 15) is 0 Å². The summed E-state index contributed by atoms with van der Waals surface area (Å²) in [7, 11) is 2.23. The van der Waals surface area contributed by atoms with Crippen LogP contribution in [0.25, 0.3) is 0 Å². The fourth-order valence-corrected chi connectivity index (χ4v) is 3.53. The molecular formula is C17H26N2O. The van der Waals surface area contributed by atoms with Crippen LogP contribution in [0.5, 0.6) is 5.75 Å². The molecule has 2 N–H and O–H groups in total. The minimum atomic E-state index is -0.115. The molecule has 2 unspecified atom stereocenters. The van der Waals surface area contributed by atoms with Gasteiger partial charge in [-0.25, -0.2) is 0 Å². The van der Waals surface area contributed by atoms with E-state index in [1.165, 1.54) is 18.4 Å². The maximum Gasteiger partial charge on any atom is 0.124 e. The topological polar surface area (TPSA) is 38.5 Å². The van der Waals surface area contributed by atoms with Crippen molar-refractivity contribution in [2.24, 2.45) is 11.7 Å². The molecule has 3 nitrogen and oxygen atoms in total. The summed E-state index contributed by atoms with van der Waals surface area (Å²) in [5.74, 6) is 1.83. The fraction of sp³-hybridized carbons (Fsp3) is 0.647. The molecule has 2 atom stereocenters. The van der Waals surface area contributed by atoms with Crippen LogP contribution in [-0.4, -0.2) is 30.1 Å². The van der Waals surface area contributed by atoms with Crippen LogP contribution in [-0.2, 0) is 0 Å². The molecule has 1 aromatic rings. The van der Waals surface area contributed by atoms with Crippen LogP contribution in [0.3, 0.4) is 0 Å². The van der Waals surface area contributed by atoms with E-state index in [1.54, 1.807) is 0 Å². The molecular weight excluding hydrogens is 248 g/mol. The Bertz CT molecular complexity index is 482. The van der Waals surface area contributed by atoms with Crippen LogP contribution >= 0.6 is 0 Å². The van der Waals surface area contributed by atoms with E-state index in [1.807, 2.05) is 0 Å². The Hall–Kier alpha value is -1.06. The normalized spacial score (nSPS) is 25.9. The highest BCUT2D eigenvalue weighted by Crippen LogP contribution is 2.45. The molecule has 0 radical (unpaired) electrons. The van der Waals surface area contributed by atoms with Crippen molar-refractivity contribution in [2.45, 2.75) is 50.8 Å². The molecule has 0 spiro atoms. The van der Waals surface area contributed by atoms with Crippen LogP contribution in [0.15, 0.2) is 24.3 Å². The van der Waals surface area contributed by atoms with E-state index < -0.39 is 0 Å². The highest BCUT2D eigenvalue weighted by Gasteiger charge is 2.41. The third-order valence-electron chi connectivity index (χ3n) is 4.77. The van der Waals surface area contributed by atoms with Gasteiger partial charge in [-0.15, -0.1) is 0 Å². The van der Waals surface area contributed by atoms with Crippen molar-refractivity contribution in [2.75, 3.05) is 13.6 Å². The van der Waals surface area contributed by atoms with Crippen LogP contribution in [0.1, 0.15) is 44.7 Å². The first-order valence-electron chi connectivity index (χ1n) is 7.72. The van der Waals surface area contributed by atoms with Crippen molar-refractivity contribution in [1.82, 2.24) is 4.90 Å². The molecule has 0 aromatic heterocycles. The Morgan fingerprint density at radius 2 is 2.05 bits per heavy atom. The number of para-hydroxylation sites is 1. The van der Waals surface area contributed by atoms with Crippen molar-refractivity contribution in [3.63, 3.8) is 0 Å². The molecule has 3 heteroatoms. The Balaban J connectivity index is 1.91. The number of nitrogens with zero attached hydrogens (tertiary/aromatic N) is 1. The standard InChI is InChI=1S/C17H26N2O/c1-17(2)10-14(13-6-4-5-7-16(13)20-17)19(3)15(11-18)12-8-9-12/h4-7,12,14-15H,8-11,18H2,1-3H3. The SMILES string of the molecule is CN(C1CC(C)(C)Oc2ccccc21)C(CN)C1CC1. The summed E-state index contributed by atoms with van der Waals surface area (Å²) in [4.78, 5) is 2.50. The Morgan fingerprint density at radius 3 is 2.70 bits per heavy atom. The van der Waals surface area contributed by atoms with Gasteiger partial charge in [-0.2, -0.15) is 0 Å². The van der Waals surface area contributed by atoms with Crippen molar-refractivity contribution in [3.8, 4) is 5.75 Å². The van der Waals surface area contributed by atoms with E-state index in [0.717, 1.165) is 24.6 Å². The van der Waals surface area contributed by atoms with E-state index in [4.69, 9.17) is 10.5 Å². The number of ether oxygens (including phenoxy) is 1. The smallest absolute Gasteiger partial charge is 0.124 e. The number of benzene rings is 1. The van der Waals surface area contributed by atoms with Gasteiger partial charge in [0.05, 0.1) is 0 Å². The summed E-state index contributed by atoms with van der Waals surface area (Å²) in [6.45, 7) is 5.11. The molecule has 1 aromatic carbocycles. The molecule has 1 saturated carbocycles. The van der Waals surface area contributed by atoms with Crippen LogP contribution in [0, 0.1) is 5.92 Å². The number of rotatable bonds is 4. The maximum absolute atomic E-state index is 6.13. The predicted molar refractivity (Wildman–Crippen MR) is 81.8 cm³/mol. The van der Waals surface area contributed by atoms with Gasteiger partial charge in [-0.3, -0.25) is 4.90 Å². The second kappa shape index (κ2) is 5.05. The molecule has 1 heterocycles. The maximum atomic E-state index is 6.13. The Kier molecular flexibility index (Phi) is 3.51. The van der Waals surface area contributed by atoms with E-state index in [0.29, 0.717) is 12.1 Å². The van der Waals surface area contributed by atoms with Gasteiger partial charge >= 0.3 is 0 Å². The summed E-state index contributed by atoms with van der Waals surface area (Å²) >= 11 is 0. The van der Waals surface area contributed by atoms with Gasteiger partial charge < -0.3 is 10.5 Å². The largest absolute Gasteiger partial charge is 0.487 e. The van der Waals surface area contributed by atoms with Crippen molar-refractivity contribution < 1.29 is 4.74 Å². The predicted octanol–water partition coefficient (Wildman–Crippen LogP) is 2.96. The highest BCUT2D eigenvalue weighted by molar-refractivity contribution is 5.38. The fourth-order valence-electron chi connectivity index (χ4n) is 3.53. The van der Waals surface area contributed by atoms with Crippen molar-refractivity contribution in [1.29, 1.82) is 0 Å². The van der Waals surface area contributed by atoms with E-state index in [-0.39, 0.29) is 5.60 Å². The van der Waals surface area contributed by atoms with Crippen LogP contribution in [0.4, 0.5) is 0 Å². The molecule has 1 fully saturated rings. The number of fused-ring (bicyclic) bond motifs is 1. The Morgan fingerprint density at radius 1 is 1.35 bits per heavy atom. The summed E-state index contributed by atoms with van der Waals surface area (Å²) in [6.07, 6.45) is 3.69. The third-order valence-corrected chi connectivity index (χ3v) is 4.77. The highest BCUT2D eigenvalue weighted by atomic mass is 16.5. The van der Waals surface area contributed by atoms with Gasteiger partial charge in [0.2, 0.25) is 0 Å². The molecule has 2 aliphatic rings. The van der Waals surface area contributed by atoms with Crippen LogP contribution in [0.2, 0.25) is 0 Å². The molecule has 1 aliphatic heterocycles. The van der Waals surface area contributed by atoms with Crippen molar-refractivity contribution >= 4 is 0 Å². The number of hydrogen-bond acceptors (Lipinski definition) is 3. The second-order valence-electron chi connectivity index (χ2n) is 6.93. The lowest BCUT2D eigenvalue weighted by molar-refractivity contribution is 0.0227.